The van der Waals surface area contributed by atoms with E-state index in [1.54, 1.807) is 12.1 Å². The Labute approximate surface area is 169 Å². The van der Waals surface area contributed by atoms with Gasteiger partial charge in [0.1, 0.15) is 5.82 Å². The smallest absolute Gasteiger partial charge is 0.123 e. The van der Waals surface area contributed by atoms with Crippen molar-refractivity contribution >= 4 is 10.9 Å². The van der Waals surface area contributed by atoms with E-state index in [1.165, 1.54) is 12.1 Å². The molecule has 1 aromatic heterocycles. The fraction of sp³-hybridized carbons (Fsp3) is 0. The summed E-state index contributed by atoms with van der Waals surface area (Å²) < 4.78 is 13.6. The molecule has 0 bridgehead atoms. The minimum Gasteiger partial charge on any atom is -0.247 e. The third-order valence-electron chi connectivity index (χ3n) is 5.14. The van der Waals surface area contributed by atoms with Crippen LogP contribution in [0.3, 0.4) is 0 Å². The van der Waals surface area contributed by atoms with Crippen LogP contribution in [0.5, 0.6) is 0 Å². The molecule has 0 aliphatic rings. The zero-order chi connectivity index (χ0) is 19.6. The monoisotopic (exact) mass is 375 g/mol. The normalized spacial score (nSPS) is 10.9. The lowest BCUT2D eigenvalue weighted by Crippen LogP contribution is -1.96. The van der Waals surface area contributed by atoms with Crippen molar-refractivity contribution in [3.8, 4) is 33.5 Å². The van der Waals surface area contributed by atoms with Crippen LogP contribution in [-0.2, 0) is 0 Å². The van der Waals surface area contributed by atoms with E-state index in [2.05, 4.69) is 42.5 Å². The molecule has 0 N–H and O–H groups in total. The molecule has 0 unspecified atom stereocenters. The van der Waals surface area contributed by atoms with Gasteiger partial charge in [0.25, 0.3) is 0 Å². The van der Waals surface area contributed by atoms with E-state index in [4.69, 9.17) is 4.98 Å². The topological polar surface area (TPSA) is 12.9 Å². The van der Waals surface area contributed by atoms with Crippen LogP contribution < -0.4 is 0 Å². The molecule has 0 aliphatic heterocycles. The van der Waals surface area contributed by atoms with Crippen molar-refractivity contribution < 1.29 is 4.39 Å². The highest BCUT2D eigenvalue weighted by molar-refractivity contribution is 6.06. The number of benzene rings is 4. The molecular weight excluding hydrogens is 357 g/mol. The van der Waals surface area contributed by atoms with Crippen LogP contribution in [0.25, 0.3) is 44.4 Å². The van der Waals surface area contributed by atoms with E-state index in [1.807, 2.05) is 42.5 Å². The van der Waals surface area contributed by atoms with Crippen LogP contribution in [0, 0.1) is 5.82 Å². The lowest BCUT2D eigenvalue weighted by molar-refractivity contribution is 0.628. The van der Waals surface area contributed by atoms with Gasteiger partial charge in [0.2, 0.25) is 0 Å². The summed E-state index contributed by atoms with van der Waals surface area (Å²) in [6.45, 7) is 0. The molecule has 0 fully saturated rings. The zero-order valence-corrected chi connectivity index (χ0v) is 15.7. The number of halogens is 1. The third kappa shape index (κ3) is 3.19. The lowest BCUT2D eigenvalue weighted by atomic mass is 9.88. The summed E-state index contributed by atoms with van der Waals surface area (Å²) in [4.78, 5) is 5.02. The second kappa shape index (κ2) is 7.33. The molecular formula is C27H18FN. The van der Waals surface area contributed by atoms with E-state index >= 15 is 0 Å². The number of aromatic nitrogens is 1. The number of para-hydroxylation sites is 1. The Hall–Kier alpha value is -3.78. The number of rotatable bonds is 3. The predicted octanol–water partition coefficient (Wildman–Crippen LogP) is 7.37. The van der Waals surface area contributed by atoms with Gasteiger partial charge in [0, 0.05) is 22.1 Å². The Morgan fingerprint density at radius 3 is 1.69 bits per heavy atom. The summed E-state index contributed by atoms with van der Waals surface area (Å²) in [7, 11) is 0. The average Bonchev–Trinajstić information content (AvgIpc) is 2.79. The largest absolute Gasteiger partial charge is 0.247 e. The molecule has 138 valence electrons. The van der Waals surface area contributed by atoms with E-state index in [0.29, 0.717) is 0 Å². The first-order chi connectivity index (χ1) is 14.3. The molecule has 0 saturated carbocycles. The van der Waals surface area contributed by atoms with Crippen LogP contribution in [-0.4, -0.2) is 4.98 Å². The van der Waals surface area contributed by atoms with Gasteiger partial charge < -0.3 is 0 Å². The summed E-state index contributed by atoms with van der Waals surface area (Å²) in [5.74, 6) is -0.251. The van der Waals surface area contributed by atoms with E-state index in [9.17, 15) is 4.39 Å². The maximum atomic E-state index is 13.6. The Morgan fingerprint density at radius 2 is 1.03 bits per heavy atom. The second-order valence-corrected chi connectivity index (χ2v) is 6.97. The molecule has 0 radical (unpaired) electrons. The number of hydrogen-bond acceptors (Lipinski definition) is 1. The van der Waals surface area contributed by atoms with Crippen LogP contribution in [0.1, 0.15) is 0 Å². The van der Waals surface area contributed by atoms with Gasteiger partial charge in [0.05, 0.1) is 11.2 Å². The van der Waals surface area contributed by atoms with Crippen molar-refractivity contribution in [2.24, 2.45) is 0 Å². The van der Waals surface area contributed by atoms with Crippen molar-refractivity contribution in [3.63, 3.8) is 0 Å². The minimum absolute atomic E-state index is 0.251. The van der Waals surface area contributed by atoms with Gasteiger partial charge in [-0.15, -0.1) is 0 Å². The quantitative estimate of drug-likeness (QED) is 0.321. The summed E-state index contributed by atoms with van der Waals surface area (Å²) in [6.07, 6.45) is 0. The van der Waals surface area contributed by atoms with E-state index in [-0.39, 0.29) is 5.82 Å². The van der Waals surface area contributed by atoms with Crippen LogP contribution in [0.2, 0.25) is 0 Å². The maximum Gasteiger partial charge on any atom is 0.123 e. The van der Waals surface area contributed by atoms with Gasteiger partial charge in [0.15, 0.2) is 0 Å². The molecule has 0 saturated heterocycles. The molecule has 0 aliphatic carbocycles. The third-order valence-corrected chi connectivity index (χ3v) is 5.14. The first-order valence-corrected chi connectivity index (χ1v) is 9.61. The summed E-state index contributed by atoms with van der Waals surface area (Å²) >= 11 is 0. The molecule has 5 aromatic rings. The van der Waals surface area contributed by atoms with Gasteiger partial charge in [-0.2, -0.15) is 0 Å². The summed E-state index contributed by atoms with van der Waals surface area (Å²) in [5, 5.41) is 1.10. The molecule has 0 atom stereocenters. The predicted molar refractivity (Wildman–Crippen MR) is 118 cm³/mol. The Morgan fingerprint density at radius 1 is 0.483 bits per heavy atom. The first kappa shape index (κ1) is 17.3. The average molecular weight is 375 g/mol. The van der Waals surface area contributed by atoms with Gasteiger partial charge in [-0.3, -0.25) is 0 Å². The van der Waals surface area contributed by atoms with Gasteiger partial charge in [-0.1, -0.05) is 78.9 Å². The fourth-order valence-corrected chi connectivity index (χ4v) is 3.82. The van der Waals surface area contributed by atoms with Crippen LogP contribution in [0.4, 0.5) is 4.39 Å². The fourth-order valence-electron chi connectivity index (χ4n) is 3.82. The molecule has 0 amide bonds. The number of hydrogen-bond donors (Lipinski definition) is 0. The standard InChI is InChI=1S/C27H18FN/c28-22-17-15-21(16-18-22)27-26(20-11-5-2-6-12-20)25(19-9-3-1-4-10-19)23-13-7-8-14-24(23)29-27/h1-18H. The summed E-state index contributed by atoms with van der Waals surface area (Å²) in [5.41, 5.74) is 7.09. The highest BCUT2D eigenvalue weighted by Gasteiger charge is 2.19. The lowest BCUT2D eigenvalue weighted by Gasteiger charge is -2.18. The zero-order valence-electron chi connectivity index (χ0n) is 15.7. The van der Waals surface area contributed by atoms with Gasteiger partial charge >= 0.3 is 0 Å². The molecule has 4 aromatic carbocycles. The van der Waals surface area contributed by atoms with Crippen molar-refractivity contribution in [2.75, 3.05) is 0 Å². The Balaban J connectivity index is 1.95. The van der Waals surface area contributed by atoms with E-state index in [0.717, 1.165) is 44.4 Å². The van der Waals surface area contributed by atoms with Crippen molar-refractivity contribution in [3.05, 3.63) is 115 Å². The maximum absolute atomic E-state index is 13.6. The van der Waals surface area contributed by atoms with Crippen LogP contribution in [0.15, 0.2) is 109 Å². The number of fused-ring (bicyclic) bond motifs is 1. The molecule has 1 heterocycles. The Bertz CT molecular complexity index is 1280. The SMILES string of the molecule is Fc1ccc(-c2nc3ccccc3c(-c3ccccc3)c2-c2ccccc2)cc1. The van der Waals surface area contributed by atoms with Crippen LogP contribution >= 0.6 is 0 Å². The van der Waals surface area contributed by atoms with Gasteiger partial charge in [-0.05, 0) is 41.5 Å². The highest BCUT2D eigenvalue weighted by Crippen LogP contribution is 2.42. The molecule has 29 heavy (non-hydrogen) atoms. The second-order valence-electron chi connectivity index (χ2n) is 6.97. The first-order valence-electron chi connectivity index (χ1n) is 9.61. The van der Waals surface area contributed by atoms with Crippen molar-refractivity contribution in [1.29, 1.82) is 0 Å². The minimum atomic E-state index is -0.251. The van der Waals surface area contributed by atoms with Crippen molar-refractivity contribution in [1.82, 2.24) is 4.98 Å². The van der Waals surface area contributed by atoms with Crippen molar-refractivity contribution in [2.45, 2.75) is 0 Å². The molecule has 0 spiro atoms. The Kier molecular flexibility index (Phi) is 4.38. The number of pyridine rings is 1. The van der Waals surface area contributed by atoms with Gasteiger partial charge in [-0.25, -0.2) is 9.37 Å². The number of nitrogens with zero attached hydrogens (tertiary/aromatic N) is 1. The van der Waals surface area contributed by atoms with E-state index < -0.39 is 0 Å². The molecule has 1 nitrogen and oxygen atoms in total. The molecule has 2 heteroatoms. The highest BCUT2D eigenvalue weighted by atomic mass is 19.1. The molecule has 5 rings (SSSR count). The summed E-state index contributed by atoms with van der Waals surface area (Å²) in [6, 6.07) is 35.4.